The Bertz CT molecular complexity index is 726. The SMILES string of the molecule is CCOC(=O)/C(=C\c1cccc(Br)c1)NC(=O)c1ccccc1. The Kier molecular flexibility index (Phi) is 6.11. The van der Waals surface area contributed by atoms with E-state index in [4.69, 9.17) is 4.74 Å². The first-order valence-electron chi connectivity index (χ1n) is 7.11. The van der Waals surface area contributed by atoms with Crippen molar-refractivity contribution in [2.75, 3.05) is 6.61 Å². The van der Waals surface area contributed by atoms with E-state index in [1.165, 1.54) is 0 Å². The third kappa shape index (κ3) is 5.07. The summed E-state index contributed by atoms with van der Waals surface area (Å²) in [5.74, 6) is -0.934. The average molecular weight is 374 g/mol. The van der Waals surface area contributed by atoms with Gasteiger partial charge in [0.2, 0.25) is 0 Å². The van der Waals surface area contributed by atoms with Gasteiger partial charge >= 0.3 is 5.97 Å². The van der Waals surface area contributed by atoms with Crippen molar-refractivity contribution in [1.29, 1.82) is 0 Å². The predicted octanol–water partition coefficient (Wildman–Crippen LogP) is 3.78. The van der Waals surface area contributed by atoms with E-state index < -0.39 is 5.97 Å². The number of rotatable bonds is 5. The number of halogens is 1. The quantitative estimate of drug-likeness (QED) is 0.640. The van der Waals surface area contributed by atoms with Crippen LogP contribution >= 0.6 is 15.9 Å². The molecule has 23 heavy (non-hydrogen) atoms. The van der Waals surface area contributed by atoms with Crippen molar-refractivity contribution in [3.8, 4) is 0 Å². The molecule has 1 N–H and O–H groups in total. The van der Waals surface area contributed by atoms with E-state index in [1.807, 2.05) is 30.3 Å². The lowest BCUT2D eigenvalue weighted by Crippen LogP contribution is -2.28. The molecular weight excluding hydrogens is 358 g/mol. The van der Waals surface area contributed by atoms with E-state index in [0.29, 0.717) is 5.56 Å². The highest BCUT2D eigenvalue weighted by Crippen LogP contribution is 2.14. The van der Waals surface area contributed by atoms with Gasteiger partial charge in [0.25, 0.3) is 5.91 Å². The number of hydrogen-bond acceptors (Lipinski definition) is 3. The van der Waals surface area contributed by atoms with Gasteiger partial charge in [-0.05, 0) is 42.8 Å². The monoisotopic (exact) mass is 373 g/mol. The molecule has 0 fully saturated rings. The standard InChI is InChI=1S/C18H16BrNO3/c1-2-23-18(22)16(12-13-7-6-10-15(19)11-13)20-17(21)14-8-4-3-5-9-14/h3-12H,2H2,1H3,(H,20,21)/b16-12+. The number of hydrogen-bond donors (Lipinski definition) is 1. The summed E-state index contributed by atoms with van der Waals surface area (Å²) in [6, 6.07) is 16.1. The van der Waals surface area contributed by atoms with E-state index in [0.717, 1.165) is 10.0 Å². The lowest BCUT2D eigenvalue weighted by Gasteiger charge is -2.09. The van der Waals surface area contributed by atoms with Gasteiger partial charge in [0.05, 0.1) is 6.61 Å². The highest BCUT2D eigenvalue weighted by Gasteiger charge is 2.15. The Labute approximate surface area is 143 Å². The minimum atomic E-state index is -0.572. The van der Waals surface area contributed by atoms with Gasteiger partial charge in [-0.2, -0.15) is 0 Å². The van der Waals surface area contributed by atoms with Gasteiger partial charge in [-0.25, -0.2) is 4.79 Å². The molecule has 0 atom stereocenters. The minimum absolute atomic E-state index is 0.0961. The highest BCUT2D eigenvalue weighted by atomic mass is 79.9. The van der Waals surface area contributed by atoms with Crippen LogP contribution in [-0.2, 0) is 9.53 Å². The lowest BCUT2D eigenvalue weighted by molar-refractivity contribution is -0.138. The summed E-state index contributed by atoms with van der Waals surface area (Å²) in [6.07, 6.45) is 1.59. The number of amides is 1. The fourth-order valence-corrected chi connectivity index (χ4v) is 2.32. The van der Waals surface area contributed by atoms with Gasteiger partial charge in [-0.1, -0.05) is 46.3 Å². The first-order valence-corrected chi connectivity index (χ1v) is 7.90. The Morgan fingerprint density at radius 1 is 1.13 bits per heavy atom. The molecule has 0 aliphatic rings. The van der Waals surface area contributed by atoms with Crippen molar-refractivity contribution in [3.05, 3.63) is 75.9 Å². The molecule has 2 rings (SSSR count). The van der Waals surface area contributed by atoms with Crippen molar-refractivity contribution in [2.24, 2.45) is 0 Å². The molecule has 4 nitrogen and oxygen atoms in total. The summed E-state index contributed by atoms with van der Waals surface area (Å²) in [6.45, 7) is 1.95. The summed E-state index contributed by atoms with van der Waals surface area (Å²) in [5, 5.41) is 2.62. The first kappa shape index (κ1) is 17.0. The number of carbonyl (C=O) groups is 2. The second-order valence-corrected chi connectivity index (χ2v) is 5.57. The number of esters is 1. The molecule has 118 valence electrons. The van der Waals surface area contributed by atoms with Gasteiger partial charge in [0.1, 0.15) is 5.70 Å². The van der Waals surface area contributed by atoms with E-state index in [9.17, 15) is 9.59 Å². The minimum Gasteiger partial charge on any atom is -0.461 e. The van der Waals surface area contributed by atoms with E-state index >= 15 is 0 Å². The smallest absolute Gasteiger partial charge is 0.354 e. The topological polar surface area (TPSA) is 55.4 Å². The van der Waals surface area contributed by atoms with Crippen LogP contribution in [0.1, 0.15) is 22.8 Å². The second-order valence-electron chi connectivity index (χ2n) is 4.65. The lowest BCUT2D eigenvalue weighted by atomic mass is 10.1. The zero-order chi connectivity index (χ0) is 16.7. The molecule has 0 aromatic heterocycles. The zero-order valence-corrected chi connectivity index (χ0v) is 14.2. The summed E-state index contributed by atoms with van der Waals surface area (Å²) in [7, 11) is 0. The normalized spacial score (nSPS) is 11.0. The number of ether oxygens (including phenoxy) is 1. The number of benzene rings is 2. The molecule has 2 aromatic rings. The van der Waals surface area contributed by atoms with Gasteiger partial charge in [-0.3, -0.25) is 4.79 Å². The van der Waals surface area contributed by atoms with Crippen molar-refractivity contribution in [2.45, 2.75) is 6.92 Å². The van der Waals surface area contributed by atoms with E-state index in [-0.39, 0.29) is 18.2 Å². The fourth-order valence-electron chi connectivity index (χ4n) is 1.90. The van der Waals surface area contributed by atoms with Gasteiger partial charge in [0, 0.05) is 10.0 Å². The molecule has 0 spiro atoms. The van der Waals surface area contributed by atoms with Gasteiger partial charge in [-0.15, -0.1) is 0 Å². The molecule has 0 unspecified atom stereocenters. The fraction of sp³-hybridized carbons (Fsp3) is 0.111. The second kappa shape index (κ2) is 8.29. The molecule has 1 amide bonds. The Morgan fingerprint density at radius 3 is 2.52 bits per heavy atom. The van der Waals surface area contributed by atoms with Crippen molar-refractivity contribution in [1.82, 2.24) is 5.32 Å². The summed E-state index contributed by atoms with van der Waals surface area (Å²) >= 11 is 3.37. The third-order valence-electron chi connectivity index (χ3n) is 2.94. The third-order valence-corrected chi connectivity index (χ3v) is 3.43. The van der Waals surface area contributed by atoms with Crippen LogP contribution in [0.3, 0.4) is 0 Å². The van der Waals surface area contributed by atoms with Crippen molar-refractivity contribution >= 4 is 33.9 Å². The molecule has 0 heterocycles. The molecule has 5 heteroatoms. The molecule has 0 aliphatic carbocycles. The maximum Gasteiger partial charge on any atom is 0.354 e. The molecule has 0 saturated heterocycles. The van der Waals surface area contributed by atoms with Crippen LogP contribution in [0.5, 0.6) is 0 Å². The van der Waals surface area contributed by atoms with Crippen LogP contribution in [-0.4, -0.2) is 18.5 Å². The molecule has 0 saturated carbocycles. The predicted molar refractivity (Wildman–Crippen MR) is 92.7 cm³/mol. The van der Waals surface area contributed by atoms with Crippen molar-refractivity contribution < 1.29 is 14.3 Å². The summed E-state index contributed by atoms with van der Waals surface area (Å²) in [4.78, 5) is 24.3. The Morgan fingerprint density at radius 2 is 1.87 bits per heavy atom. The van der Waals surface area contributed by atoms with Crippen molar-refractivity contribution in [3.63, 3.8) is 0 Å². The highest BCUT2D eigenvalue weighted by molar-refractivity contribution is 9.10. The summed E-state index contributed by atoms with van der Waals surface area (Å²) < 4.78 is 5.89. The maximum atomic E-state index is 12.3. The van der Waals surface area contributed by atoms with Crippen LogP contribution < -0.4 is 5.32 Å². The average Bonchev–Trinajstić information content (AvgIpc) is 2.55. The van der Waals surface area contributed by atoms with Crippen LogP contribution in [0.25, 0.3) is 6.08 Å². The molecule has 0 aliphatic heterocycles. The maximum absolute atomic E-state index is 12.3. The van der Waals surface area contributed by atoms with E-state index in [1.54, 1.807) is 37.3 Å². The molecule has 0 radical (unpaired) electrons. The van der Waals surface area contributed by atoms with Crippen LogP contribution in [0, 0.1) is 0 Å². The number of carbonyl (C=O) groups excluding carboxylic acids is 2. The Balaban J connectivity index is 2.27. The number of nitrogens with one attached hydrogen (secondary N) is 1. The first-order chi connectivity index (χ1) is 11.1. The van der Waals surface area contributed by atoms with Crippen LogP contribution in [0.15, 0.2) is 64.8 Å². The van der Waals surface area contributed by atoms with Crippen LogP contribution in [0.2, 0.25) is 0 Å². The molecule has 2 aromatic carbocycles. The summed E-state index contributed by atoms with van der Waals surface area (Å²) in [5.41, 5.74) is 1.34. The largest absolute Gasteiger partial charge is 0.461 e. The van der Waals surface area contributed by atoms with Gasteiger partial charge in [0.15, 0.2) is 0 Å². The zero-order valence-electron chi connectivity index (χ0n) is 12.6. The molecule has 0 bridgehead atoms. The van der Waals surface area contributed by atoms with Crippen LogP contribution in [0.4, 0.5) is 0 Å². The Hall–Kier alpha value is -2.40. The van der Waals surface area contributed by atoms with E-state index in [2.05, 4.69) is 21.2 Å². The molecular formula is C18H16BrNO3. The van der Waals surface area contributed by atoms with Gasteiger partial charge < -0.3 is 10.1 Å².